The van der Waals surface area contributed by atoms with Crippen LogP contribution in [0.3, 0.4) is 0 Å². The molecule has 0 bridgehead atoms. The lowest BCUT2D eigenvalue weighted by atomic mass is 9.97. The molecule has 2 atom stereocenters. The highest BCUT2D eigenvalue weighted by molar-refractivity contribution is 8.00. The summed E-state index contributed by atoms with van der Waals surface area (Å²) in [5.41, 5.74) is 1.69. The maximum atomic E-state index is 12.7. The van der Waals surface area contributed by atoms with Crippen LogP contribution in [0.1, 0.15) is 44.5 Å². The van der Waals surface area contributed by atoms with Gasteiger partial charge in [0.05, 0.1) is 5.25 Å². The van der Waals surface area contributed by atoms with E-state index in [4.69, 9.17) is 5.84 Å². The Morgan fingerprint density at radius 2 is 1.96 bits per heavy atom. The third-order valence-corrected chi connectivity index (χ3v) is 4.99. The van der Waals surface area contributed by atoms with E-state index in [1.165, 1.54) is 0 Å². The van der Waals surface area contributed by atoms with Crippen LogP contribution in [0.4, 0.5) is 18.9 Å². The van der Waals surface area contributed by atoms with E-state index < -0.39 is 17.3 Å². The normalized spacial score (nSPS) is 14.1. The number of nitrogens with one attached hydrogen (secondary N) is 1. The van der Waals surface area contributed by atoms with E-state index >= 15 is 0 Å². The van der Waals surface area contributed by atoms with Crippen molar-refractivity contribution in [3.05, 3.63) is 35.7 Å². The van der Waals surface area contributed by atoms with E-state index in [9.17, 15) is 18.0 Å². The highest BCUT2D eigenvalue weighted by Gasteiger charge is 2.38. The minimum absolute atomic E-state index is 0.185. The number of anilines is 1. The number of halogens is 3. The minimum atomic E-state index is -4.71. The van der Waals surface area contributed by atoms with E-state index in [1.807, 2.05) is 25.1 Å². The zero-order chi connectivity index (χ0) is 19.5. The average molecular weight is 387 g/mol. The second-order valence-electron chi connectivity index (χ2n) is 5.82. The van der Waals surface area contributed by atoms with Gasteiger partial charge in [0.15, 0.2) is 0 Å². The van der Waals surface area contributed by atoms with Crippen LogP contribution in [-0.4, -0.2) is 26.0 Å². The summed E-state index contributed by atoms with van der Waals surface area (Å²) in [4.78, 5) is 12.4. The van der Waals surface area contributed by atoms with Crippen molar-refractivity contribution < 1.29 is 18.0 Å². The molecule has 2 aromatic rings. The first-order valence-electron chi connectivity index (χ1n) is 7.99. The van der Waals surface area contributed by atoms with Gasteiger partial charge in [-0.05, 0) is 30.9 Å². The molecule has 1 amide bonds. The first kappa shape index (κ1) is 20.1. The smallest absolute Gasteiger partial charge is 0.335 e. The number of nitrogens with zero attached hydrogens (tertiary/aromatic N) is 3. The third kappa shape index (κ3) is 4.48. The first-order chi connectivity index (χ1) is 12.1. The molecular formula is C16H20F3N5OS. The molecule has 3 N–H and O–H groups in total. The summed E-state index contributed by atoms with van der Waals surface area (Å²) in [6, 6.07) is 7.44. The second kappa shape index (κ2) is 7.98. The van der Waals surface area contributed by atoms with Crippen molar-refractivity contribution in [2.45, 2.75) is 49.7 Å². The van der Waals surface area contributed by atoms with Crippen LogP contribution in [-0.2, 0) is 11.0 Å². The molecule has 142 valence electrons. The van der Waals surface area contributed by atoms with E-state index in [-0.39, 0.29) is 17.0 Å². The molecule has 0 fully saturated rings. The first-order valence-corrected chi connectivity index (χ1v) is 8.87. The standard InChI is InChI=1S/C16H20F3N5OS/c1-4-9(2)11-7-5-6-8-12(11)21-13(25)10(3)26-15-23-22-14(24(15)20)16(17,18)19/h5-10H,4,20H2,1-3H3,(H,21,25)/t9-,10-/m1/s1. The van der Waals surface area contributed by atoms with Crippen molar-refractivity contribution in [3.63, 3.8) is 0 Å². The van der Waals surface area contributed by atoms with Crippen LogP contribution in [0, 0.1) is 0 Å². The maximum Gasteiger partial charge on any atom is 0.453 e. The van der Waals surface area contributed by atoms with Gasteiger partial charge in [-0.3, -0.25) is 4.79 Å². The number of alkyl halides is 3. The van der Waals surface area contributed by atoms with Crippen molar-refractivity contribution in [1.82, 2.24) is 14.9 Å². The van der Waals surface area contributed by atoms with Crippen molar-refractivity contribution in [2.24, 2.45) is 0 Å². The Hall–Kier alpha value is -2.23. The number of hydrogen-bond donors (Lipinski definition) is 2. The topological polar surface area (TPSA) is 85.8 Å². The Balaban J connectivity index is 2.11. The van der Waals surface area contributed by atoms with Gasteiger partial charge >= 0.3 is 6.18 Å². The van der Waals surface area contributed by atoms with Crippen molar-refractivity contribution in [1.29, 1.82) is 0 Å². The van der Waals surface area contributed by atoms with E-state index in [0.717, 1.165) is 23.7 Å². The summed E-state index contributed by atoms with van der Waals surface area (Å²) in [6.07, 6.45) is -3.80. The Labute approximate surface area is 153 Å². The van der Waals surface area contributed by atoms with Crippen molar-refractivity contribution >= 4 is 23.4 Å². The Kier molecular flexibility index (Phi) is 6.17. The number of carbonyl (C=O) groups excluding carboxylic acids is 1. The number of hydrogen-bond acceptors (Lipinski definition) is 5. The van der Waals surface area contributed by atoms with E-state index in [0.29, 0.717) is 10.4 Å². The number of nitrogen functional groups attached to an aromatic ring is 1. The van der Waals surface area contributed by atoms with Gasteiger partial charge in [-0.2, -0.15) is 13.2 Å². The molecule has 0 saturated heterocycles. The predicted octanol–water partition coefficient (Wildman–Crippen LogP) is 3.64. The fourth-order valence-corrected chi connectivity index (χ4v) is 3.03. The van der Waals surface area contributed by atoms with E-state index in [1.54, 1.807) is 13.0 Å². The van der Waals surface area contributed by atoms with Gasteiger partial charge in [-0.15, -0.1) is 10.2 Å². The molecule has 0 aliphatic heterocycles. The fourth-order valence-electron chi connectivity index (χ4n) is 2.26. The van der Waals surface area contributed by atoms with Gasteiger partial charge in [0.2, 0.25) is 11.1 Å². The van der Waals surface area contributed by atoms with Crippen molar-refractivity contribution in [2.75, 3.05) is 11.2 Å². The molecule has 0 radical (unpaired) electrons. The SMILES string of the molecule is CC[C@@H](C)c1ccccc1NC(=O)[C@@H](C)Sc1nnc(C(F)(F)F)n1N. The molecule has 1 aromatic carbocycles. The van der Waals surface area contributed by atoms with Gasteiger partial charge in [-0.25, -0.2) is 4.68 Å². The van der Waals surface area contributed by atoms with Crippen LogP contribution in [0.25, 0.3) is 0 Å². The van der Waals surface area contributed by atoms with Crippen LogP contribution in [0.2, 0.25) is 0 Å². The molecular weight excluding hydrogens is 367 g/mol. The lowest BCUT2D eigenvalue weighted by molar-refractivity contribution is -0.146. The number of para-hydroxylation sites is 1. The third-order valence-electron chi connectivity index (χ3n) is 3.93. The Morgan fingerprint density at radius 3 is 2.54 bits per heavy atom. The molecule has 0 aliphatic rings. The van der Waals surface area contributed by atoms with Gasteiger partial charge in [0, 0.05) is 5.69 Å². The summed E-state index contributed by atoms with van der Waals surface area (Å²) in [5.74, 6) is 3.98. The average Bonchev–Trinajstić information content (AvgIpc) is 2.95. The van der Waals surface area contributed by atoms with Crippen LogP contribution in [0.5, 0.6) is 0 Å². The Morgan fingerprint density at radius 1 is 1.31 bits per heavy atom. The summed E-state index contributed by atoms with van der Waals surface area (Å²) >= 11 is 0.807. The fraction of sp³-hybridized carbons (Fsp3) is 0.438. The predicted molar refractivity (Wildman–Crippen MR) is 94.3 cm³/mol. The van der Waals surface area contributed by atoms with Gasteiger partial charge in [0.25, 0.3) is 5.82 Å². The number of nitrogens with two attached hydrogens (primary N) is 1. The second-order valence-corrected chi connectivity index (χ2v) is 7.13. The van der Waals surface area contributed by atoms with Crippen LogP contribution < -0.4 is 11.2 Å². The highest BCUT2D eigenvalue weighted by atomic mass is 32.2. The number of amides is 1. The zero-order valence-electron chi connectivity index (χ0n) is 14.5. The number of carbonyl (C=O) groups is 1. The van der Waals surface area contributed by atoms with Gasteiger partial charge in [-0.1, -0.05) is 43.8 Å². The lowest BCUT2D eigenvalue weighted by Gasteiger charge is -2.17. The summed E-state index contributed by atoms with van der Waals surface area (Å²) in [6.45, 7) is 5.67. The van der Waals surface area contributed by atoms with Crippen LogP contribution in [0.15, 0.2) is 29.4 Å². The molecule has 0 unspecified atom stereocenters. The number of rotatable bonds is 6. The lowest BCUT2D eigenvalue weighted by Crippen LogP contribution is -2.25. The summed E-state index contributed by atoms with van der Waals surface area (Å²) in [5, 5.41) is 8.39. The van der Waals surface area contributed by atoms with E-state index in [2.05, 4.69) is 22.4 Å². The quantitative estimate of drug-likeness (QED) is 0.584. The molecule has 6 nitrogen and oxygen atoms in total. The monoisotopic (exact) mass is 387 g/mol. The van der Waals surface area contributed by atoms with Gasteiger partial charge in [0.1, 0.15) is 0 Å². The van der Waals surface area contributed by atoms with Gasteiger partial charge < -0.3 is 11.2 Å². The number of aromatic nitrogens is 3. The zero-order valence-corrected chi connectivity index (χ0v) is 15.4. The molecule has 10 heteroatoms. The number of thioether (sulfide) groups is 1. The highest BCUT2D eigenvalue weighted by Crippen LogP contribution is 2.31. The molecule has 1 aromatic heterocycles. The van der Waals surface area contributed by atoms with Crippen molar-refractivity contribution in [3.8, 4) is 0 Å². The summed E-state index contributed by atoms with van der Waals surface area (Å²) in [7, 11) is 0. The minimum Gasteiger partial charge on any atom is -0.335 e. The molecule has 2 rings (SSSR count). The molecule has 1 heterocycles. The largest absolute Gasteiger partial charge is 0.453 e. The number of benzene rings is 1. The summed E-state index contributed by atoms with van der Waals surface area (Å²) < 4.78 is 38.5. The molecule has 0 spiro atoms. The molecule has 0 saturated carbocycles. The van der Waals surface area contributed by atoms with Crippen LogP contribution >= 0.6 is 11.8 Å². The molecule has 26 heavy (non-hydrogen) atoms. The molecule has 0 aliphatic carbocycles. The Bertz CT molecular complexity index is 777. The maximum absolute atomic E-state index is 12.7.